The lowest BCUT2D eigenvalue weighted by Crippen LogP contribution is -2.54. The number of carbonyl (C=O) groups excluding carboxylic acids is 3. The summed E-state index contributed by atoms with van der Waals surface area (Å²) < 4.78 is 5.85. The number of imide groups is 2. The van der Waals surface area contributed by atoms with E-state index in [-0.39, 0.29) is 21.3 Å². The number of urea groups is 1. The van der Waals surface area contributed by atoms with Crippen LogP contribution < -0.4 is 15.0 Å². The van der Waals surface area contributed by atoms with Crippen molar-refractivity contribution in [3.8, 4) is 5.75 Å². The second-order valence-corrected chi connectivity index (χ2v) is 9.25. The number of aryl methyl sites for hydroxylation is 2. The van der Waals surface area contributed by atoms with E-state index in [1.54, 1.807) is 18.2 Å². The molecule has 1 N–H and O–H groups in total. The van der Waals surface area contributed by atoms with E-state index in [1.165, 1.54) is 24.3 Å². The van der Waals surface area contributed by atoms with Gasteiger partial charge < -0.3 is 4.74 Å². The summed E-state index contributed by atoms with van der Waals surface area (Å²) in [6.07, 6.45) is 1.36. The Morgan fingerprint density at radius 1 is 0.857 bits per heavy atom. The van der Waals surface area contributed by atoms with Crippen LogP contribution in [0.2, 0.25) is 15.1 Å². The molecule has 1 aliphatic rings. The Hall–Kier alpha value is -3.32. The SMILES string of the molecule is Cc1cc(C)cc(COc2ccc(/C=C3\C(=O)NC(=O)N(c4ccc(Cl)c(Cl)c4)C3=O)cc2Cl)c1. The van der Waals surface area contributed by atoms with E-state index < -0.39 is 17.8 Å². The number of hydrogen-bond donors (Lipinski definition) is 1. The Bertz CT molecular complexity index is 1380. The summed E-state index contributed by atoms with van der Waals surface area (Å²) in [6.45, 7) is 4.37. The molecule has 1 fully saturated rings. The highest BCUT2D eigenvalue weighted by Gasteiger charge is 2.37. The van der Waals surface area contributed by atoms with Crippen molar-refractivity contribution in [2.75, 3.05) is 4.90 Å². The Morgan fingerprint density at radius 2 is 1.57 bits per heavy atom. The van der Waals surface area contributed by atoms with Crippen LogP contribution in [0.4, 0.5) is 10.5 Å². The average molecular weight is 530 g/mol. The maximum Gasteiger partial charge on any atom is 0.335 e. The summed E-state index contributed by atoms with van der Waals surface area (Å²) in [5.41, 5.74) is 3.71. The third-order valence-corrected chi connectivity index (χ3v) is 6.24. The first-order valence-corrected chi connectivity index (χ1v) is 11.6. The number of halogens is 3. The summed E-state index contributed by atoms with van der Waals surface area (Å²) in [5.74, 6) is -1.16. The van der Waals surface area contributed by atoms with E-state index in [0.717, 1.165) is 21.6 Å². The molecule has 0 bridgehead atoms. The molecule has 4 amide bonds. The third kappa shape index (κ3) is 5.51. The van der Waals surface area contributed by atoms with Crippen molar-refractivity contribution in [1.82, 2.24) is 5.32 Å². The maximum atomic E-state index is 13.1. The maximum absolute atomic E-state index is 13.1. The van der Waals surface area contributed by atoms with Crippen molar-refractivity contribution in [2.45, 2.75) is 20.5 Å². The minimum Gasteiger partial charge on any atom is -0.487 e. The number of benzene rings is 3. The monoisotopic (exact) mass is 528 g/mol. The molecule has 0 atom stereocenters. The molecule has 0 aliphatic carbocycles. The summed E-state index contributed by atoms with van der Waals surface area (Å²) in [6, 6.07) is 14.4. The zero-order chi connectivity index (χ0) is 25.3. The number of ether oxygens (including phenoxy) is 1. The zero-order valence-electron chi connectivity index (χ0n) is 18.7. The van der Waals surface area contributed by atoms with E-state index in [2.05, 4.69) is 11.4 Å². The number of nitrogens with zero attached hydrogens (tertiary/aromatic N) is 1. The van der Waals surface area contributed by atoms with Gasteiger partial charge in [0.2, 0.25) is 0 Å². The van der Waals surface area contributed by atoms with Crippen LogP contribution in [-0.2, 0) is 16.2 Å². The van der Waals surface area contributed by atoms with Crippen LogP contribution in [-0.4, -0.2) is 17.8 Å². The topological polar surface area (TPSA) is 75.7 Å². The van der Waals surface area contributed by atoms with Crippen molar-refractivity contribution in [1.29, 1.82) is 0 Å². The number of hydrogen-bond acceptors (Lipinski definition) is 4. The molecule has 0 radical (unpaired) electrons. The molecule has 3 aromatic rings. The molecule has 3 aromatic carbocycles. The van der Waals surface area contributed by atoms with E-state index in [0.29, 0.717) is 22.9 Å². The lowest BCUT2D eigenvalue weighted by molar-refractivity contribution is -0.122. The molecule has 0 spiro atoms. The van der Waals surface area contributed by atoms with Crippen LogP contribution in [0.1, 0.15) is 22.3 Å². The number of nitrogens with one attached hydrogen (secondary N) is 1. The Kier molecular flexibility index (Phi) is 7.17. The second kappa shape index (κ2) is 10.1. The number of anilines is 1. The first-order valence-electron chi connectivity index (χ1n) is 10.5. The number of barbiturate groups is 1. The van der Waals surface area contributed by atoms with Gasteiger partial charge in [-0.25, -0.2) is 9.69 Å². The van der Waals surface area contributed by atoms with Gasteiger partial charge in [-0.3, -0.25) is 14.9 Å². The Morgan fingerprint density at radius 3 is 2.23 bits per heavy atom. The van der Waals surface area contributed by atoms with Crippen LogP contribution in [0, 0.1) is 13.8 Å². The standard InChI is InChI=1S/C26H19Cl3N2O4/c1-14-7-15(2)9-17(8-14)13-35-23-6-3-16(11-22(23)29)10-19-24(32)30-26(34)31(25(19)33)18-4-5-20(27)21(28)12-18/h3-12H,13H2,1-2H3,(H,30,32,34)/b19-10+. The van der Waals surface area contributed by atoms with Gasteiger partial charge in [0.25, 0.3) is 11.8 Å². The quantitative estimate of drug-likeness (QED) is 0.302. The first kappa shape index (κ1) is 24.8. The Labute approximate surface area is 217 Å². The van der Waals surface area contributed by atoms with Crippen molar-refractivity contribution >= 4 is 64.4 Å². The molecule has 4 rings (SSSR count). The smallest absolute Gasteiger partial charge is 0.335 e. The van der Waals surface area contributed by atoms with Crippen molar-refractivity contribution < 1.29 is 19.1 Å². The highest BCUT2D eigenvalue weighted by atomic mass is 35.5. The lowest BCUT2D eigenvalue weighted by atomic mass is 10.1. The average Bonchev–Trinajstić information content (AvgIpc) is 2.77. The number of amides is 4. The van der Waals surface area contributed by atoms with Crippen LogP contribution in [0.3, 0.4) is 0 Å². The number of rotatable bonds is 5. The first-order chi connectivity index (χ1) is 16.6. The fourth-order valence-electron chi connectivity index (χ4n) is 3.72. The van der Waals surface area contributed by atoms with Crippen LogP contribution in [0.5, 0.6) is 5.75 Å². The lowest BCUT2D eigenvalue weighted by Gasteiger charge is -2.26. The van der Waals surface area contributed by atoms with Gasteiger partial charge in [-0.1, -0.05) is 70.2 Å². The van der Waals surface area contributed by atoms with Crippen LogP contribution in [0.15, 0.2) is 60.2 Å². The fourth-order valence-corrected chi connectivity index (χ4v) is 4.26. The highest BCUT2D eigenvalue weighted by Crippen LogP contribution is 2.31. The summed E-state index contributed by atoms with van der Waals surface area (Å²) in [7, 11) is 0. The van der Waals surface area contributed by atoms with Gasteiger partial charge in [0.05, 0.1) is 20.8 Å². The summed E-state index contributed by atoms with van der Waals surface area (Å²) in [4.78, 5) is 38.7. The fraction of sp³-hybridized carbons (Fsp3) is 0.115. The van der Waals surface area contributed by atoms with Crippen molar-refractivity contribution in [3.05, 3.63) is 97.5 Å². The molecule has 1 saturated heterocycles. The molecule has 1 aliphatic heterocycles. The molecule has 0 unspecified atom stereocenters. The summed E-state index contributed by atoms with van der Waals surface area (Å²) in [5, 5.41) is 2.90. The van der Waals surface area contributed by atoms with E-state index >= 15 is 0 Å². The minimum atomic E-state index is -0.885. The number of carbonyl (C=O) groups is 3. The van der Waals surface area contributed by atoms with E-state index in [9.17, 15) is 14.4 Å². The van der Waals surface area contributed by atoms with Crippen molar-refractivity contribution in [2.24, 2.45) is 0 Å². The zero-order valence-corrected chi connectivity index (χ0v) is 21.0. The third-order valence-electron chi connectivity index (χ3n) is 5.21. The largest absolute Gasteiger partial charge is 0.487 e. The van der Waals surface area contributed by atoms with Gasteiger partial charge in [0, 0.05) is 0 Å². The molecule has 178 valence electrons. The molecule has 9 heteroatoms. The summed E-state index contributed by atoms with van der Waals surface area (Å²) >= 11 is 18.3. The molecule has 0 saturated carbocycles. The van der Waals surface area contributed by atoms with Gasteiger partial charge in [-0.15, -0.1) is 0 Å². The van der Waals surface area contributed by atoms with Gasteiger partial charge >= 0.3 is 6.03 Å². The molecular formula is C26H19Cl3N2O4. The van der Waals surface area contributed by atoms with Crippen LogP contribution >= 0.6 is 34.8 Å². The molecule has 6 nitrogen and oxygen atoms in total. The van der Waals surface area contributed by atoms with Gasteiger partial charge in [-0.2, -0.15) is 0 Å². The van der Waals surface area contributed by atoms with Crippen LogP contribution in [0.25, 0.3) is 6.08 Å². The highest BCUT2D eigenvalue weighted by molar-refractivity contribution is 6.43. The Balaban J connectivity index is 1.57. The molecule has 1 heterocycles. The van der Waals surface area contributed by atoms with Gasteiger partial charge in [0.15, 0.2) is 0 Å². The second-order valence-electron chi connectivity index (χ2n) is 8.03. The van der Waals surface area contributed by atoms with E-state index in [4.69, 9.17) is 39.5 Å². The van der Waals surface area contributed by atoms with E-state index in [1.807, 2.05) is 26.0 Å². The predicted octanol–water partition coefficient (Wildman–Crippen LogP) is 6.51. The van der Waals surface area contributed by atoms with Crippen molar-refractivity contribution in [3.63, 3.8) is 0 Å². The van der Waals surface area contributed by atoms with Gasteiger partial charge in [0.1, 0.15) is 17.9 Å². The molecule has 0 aromatic heterocycles. The van der Waals surface area contributed by atoms with Gasteiger partial charge in [-0.05, 0) is 61.4 Å². The molecular weight excluding hydrogens is 511 g/mol. The molecule has 35 heavy (non-hydrogen) atoms. The predicted molar refractivity (Wildman–Crippen MR) is 137 cm³/mol. The minimum absolute atomic E-state index is 0.162. The normalized spacial score (nSPS) is 14.9.